The van der Waals surface area contributed by atoms with Crippen molar-refractivity contribution >= 4 is 11.8 Å². The van der Waals surface area contributed by atoms with E-state index in [-0.39, 0.29) is 12.5 Å². The zero-order valence-corrected chi connectivity index (χ0v) is 12.6. The minimum absolute atomic E-state index is 0.106. The van der Waals surface area contributed by atoms with Gasteiger partial charge in [0.05, 0.1) is 11.6 Å². The van der Waals surface area contributed by atoms with Crippen molar-refractivity contribution in [1.82, 2.24) is 0 Å². The van der Waals surface area contributed by atoms with Crippen molar-refractivity contribution in [3.8, 4) is 6.07 Å². The van der Waals surface area contributed by atoms with E-state index in [1.165, 1.54) is 0 Å². The van der Waals surface area contributed by atoms with E-state index in [2.05, 4.69) is 11.4 Å². The van der Waals surface area contributed by atoms with Crippen LogP contribution in [0.25, 0.3) is 0 Å². The molecule has 5 nitrogen and oxygen atoms in total. The smallest absolute Gasteiger partial charge is 0.412 e. The molecule has 0 spiro atoms. The number of amides is 1. The number of rotatable bonds is 2. The third-order valence-corrected chi connectivity index (χ3v) is 3.37. The number of nitrogens with zero attached hydrogens (tertiary/aromatic N) is 1. The van der Waals surface area contributed by atoms with E-state index in [0.29, 0.717) is 17.7 Å². The summed E-state index contributed by atoms with van der Waals surface area (Å²) in [5.74, 6) is 0.156. The second-order valence-corrected chi connectivity index (χ2v) is 6.36. The molecule has 1 aromatic carbocycles. The maximum atomic E-state index is 11.8. The highest BCUT2D eigenvalue weighted by molar-refractivity contribution is 5.85. The Morgan fingerprint density at radius 1 is 1.48 bits per heavy atom. The molecule has 0 bridgehead atoms. The van der Waals surface area contributed by atoms with Gasteiger partial charge in [-0.25, -0.2) is 4.79 Å². The van der Waals surface area contributed by atoms with Crippen LogP contribution < -0.4 is 5.32 Å². The molecule has 0 radical (unpaired) electrons. The highest BCUT2D eigenvalue weighted by Gasteiger charge is 2.25. The zero-order valence-electron chi connectivity index (χ0n) is 12.6. The predicted octanol–water partition coefficient (Wildman–Crippen LogP) is 2.61. The minimum atomic E-state index is -0.569. The second kappa shape index (κ2) is 5.74. The molecule has 0 aromatic heterocycles. The van der Waals surface area contributed by atoms with Crippen molar-refractivity contribution in [2.24, 2.45) is 5.92 Å². The Labute approximate surface area is 124 Å². The summed E-state index contributed by atoms with van der Waals surface area (Å²) in [6.45, 7) is 5.49. The molecule has 2 rings (SSSR count). The van der Waals surface area contributed by atoms with Crippen LogP contribution in [0.3, 0.4) is 0 Å². The number of hydrogen-bond donors (Lipinski definition) is 2. The van der Waals surface area contributed by atoms with Crippen molar-refractivity contribution in [3.63, 3.8) is 0 Å². The summed E-state index contributed by atoms with van der Waals surface area (Å²) in [6, 6.07) is 5.67. The van der Waals surface area contributed by atoms with Crippen molar-refractivity contribution < 1.29 is 14.6 Å². The van der Waals surface area contributed by atoms with E-state index in [9.17, 15) is 15.2 Å². The number of anilines is 1. The normalized spacial score (nSPS) is 17.0. The lowest BCUT2D eigenvalue weighted by molar-refractivity contribution is 0.0636. The third-order valence-electron chi connectivity index (χ3n) is 3.37. The molecule has 0 heterocycles. The summed E-state index contributed by atoms with van der Waals surface area (Å²) in [4.78, 5) is 11.8. The summed E-state index contributed by atoms with van der Waals surface area (Å²) in [7, 11) is 0. The van der Waals surface area contributed by atoms with Crippen LogP contribution in [0, 0.1) is 17.2 Å². The van der Waals surface area contributed by atoms with E-state index in [0.717, 1.165) is 17.5 Å². The van der Waals surface area contributed by atoms with Crippen LogP contribution in [0.2, 0.25) is 0 Å². The predicted molar refractivity (Wildman–Crippen MR) is 79.0 cm³/mol. The number of carbonyl (C=O) groups is 1. The van der Waals surface area contributed by atoms with Gasteiger partial charge in [0.25, 0.3) is 0 Å². The lowest BCUT2D eigenvalue weighted by atomic mass is 10.0. The van der Waals surface area contributed by atoms with Gasteiger partial charge in [-0.05, 0) is 62.8 Å². The fourth-order valence-electron chi connectivity index (χ4n) is 2.55. The van der Waals surface area contributed by atoms with Gasteiger partial charge >= 0.3 is 6.09 Å². The van der Waals surface area contributed by atoms with Crippen molar-refractivity contribution in [1.29, 1.82) is 5.26 Å². The Hall–Kier alpha value is -2.06. The van der Waals surface area contributed by atoms with Crippen LogP contribution in [-0.4, -0.2) is 23.4 Å². The van der Waals surface area contributed by atoms with E-state index in [1.54, 1.807) is 26.8 Å². The molecular formula is C16H20N2O3. The van der Waals surface area contributed by atoms with Crippen LogP contribution >= 0.6 is 0 Å². The standard InChI is InChI=1S/C16H20N2O3/c1-16(2,3)21-15(20)18-13-6-11-4-10(9-19)5-14(11)12(7-13)8-17/h6-7,10,19H,4-5,9H2,1-3H3,(H,18,20). The number of nitriles is 1. The number of nitrogens with one attached hydrogen (secondary N) is 1. The SMILES string of the molecule is CC(C)(C)OC(=O)Nc1cc(C#N)c2c(c1)CC(CO)C2. The fourth-order valence-corrected chi connectivity index (χ4v) is 2.55. The first-order valence-corrected chi connectivity index (χ1v) is 6.99. The highest BCUT2D eigenvalue weighted by atomic mass is 16.6. The number of ether oxygens (including phenoxy) is 1. The monoisotopic (exact) mass is 288 g/mol. The Morgan fingerprint density at radius 3 is 2.76 bits per heavy atom. The lowest BCUT2D eigenvalue weighted by Crippen LogP contribution is -2.27. The van der Waals surface area contributed by atoms with E-state index >= 15 is 0 Å². The molecule has 21 heavy (non-hydrogen) atoms. The molecular weight excluding hydrogens is 268 g/mol. The van der Waals surface area contributed by atoms with Crippen LogP contribution in [-0.2, 0) is 17.6 Å². The molecule has 1 amide bonds. The van der Waals surface area contributed by atoms with Gasteiger partial charge in [0.1, 0.15) is 5.60 Å². The van der Waals surface area contributed by atoms with Gasteiger partial charge in [-0.1, -0.05) is 0 Å². The van der Waals surface area contributed by atoms with Gasteiger partial charge in [-0.3, -0.25) is 5.32 Å². The Bertz CT molecular complexity index is 597. The Balaban J connectivity index is 2.20. The van der Waals surface area contributed by atoms with Crippen LogP contribution in [0.5, 0.6) is 0 Å². The van der Waals surface area contributed by atoms with Crippen molar-refractivity contribution in [2.45, 2.75) is 39.2 Å². The number of benzene rings is 1. The summed E-state index contributed by atoms with van der Waals surface area (Å²) < 4.78 is 5.20. The van der Waals surface area contributed by atoms with Crippen molar-refractivity contribution in [2.75, 3.05) is 11.9 Å². The quantitative estimate of drug-likeness (QED) is 0.876. The molecule has 1 aliphatic carbocycles. The maximum absolute atomic E-state index is 11.8. The fraction of sp³-hybridized carbons (Fsp3) is 0.500. The molecule has 1 aromatic rings. The zero-order chi connectivity index (χ0) is 15.6. The second-order valence-electron chi connectivity index (χ2n) is 6.36. The van der Waals surface area contributed by atoms with Crippen molar-refractivity contribution in [3.05, 3.63) is 28.8 Å². The molecule has 0 saturated carbocycles. The molecule has 5 heteroatoms. The third kappa shape index (κ3) is 3.73. The number of aliphatic hydroxyl groups is 1. The molecule has 0 saturated heterocycles. The van der Waals surface area contributed by atoms with Gasteiger partial charge in [0.15, 0.2) is 0 Å². The summed E-state index contributed by atoms with van der Waals surface area (Å²) in [5, 5.41) is 21.2. The minimum Gasteiger partial charge on any atom is -0.444 e. The molecule has 0 aliphatic heterocycles. The largest absolute Gasteiger partial charge is 0.444 e. The highest BCUT2D eigenvalue weighted by Crippen LogP contribution is 2.32. The summed E-state index contributed by atoms with van der Waals surface area (Å²) in [5.41, 5.74) is 2.53. The van der Waals surface area contributed by atoms with Crippen LogP contribution in [0.4, 0.5) is 10.5 Å². The van der Waals surface area contributed by atoms with Gasteiger partial charge in [-0.2, -0.15) is 5.26 Å². The van der Waals surface area contributed by atoms with Gasteiger partial charge in [0.2, 0.25) is 0 Å². The van der Waals surface area contributed by atoms with Crippen LogP contribution in [0.15, 0.2) is 12.1 Å². The van der Waals surface area contributed by atoms with E-state index in [1.807, 2.05) is 6.07 Å². The van der Waals surface area contributed by atoms with Gasteiger partial charge < -0.3 is 9.84 Å². The first kappa shape index (κ1) is 15.3. The van der Waals surface area contributed by atoms with Crippen LogP contribution in [0.1, 0.15) is 37.5 Å². The number of aliphatic hydroxyl groups excluding tert-OH is 1. The molecule has 1 aliphatic rings. The van der Waals surface area contributed by atoms with E-state index in [4.69, 9.17) is 4.74 Å². The van der Waals surface area contributed by atoms with E-state index < -0.39 is 11.7 Å². The summed E-state index contributed by atoms with van der Waals surface area (Å²) in [6.07, 6.45) is 0.897. The average Bonchev–Trinajstić information content (AvgIpc) is 2.78. The van der Waals surface area contributed by atoms with Gasteiger partial charge in [0, 0.05) is 12.3 Å². The maximum Gasteiger partial charge on any atom is 0.412 e. The lowest BCUT2D eigenvalue weighted by Gasteiger charge is -2.20. The Kier molecular flexibility index (Phi) is 4.19. The molecule has 112 valence electrons. The Morgan fingerprint density at radius 2 is 2.19 bits per heavy atom. The number of carbonyl (C=O) groups excluding carboxylic acids is 1. The number of fused-ring (bicyclic) bond motifs is 1. The number of hydrogen-bond acceptors (Lipinski definition) is 4. The molecule has 2 N–H and O–H groups in total. The first-order chi connectivity index (χ1) is 9.82. The first-order valence-electron chi connectivity index (χ1n) is 6.99. The van der Waals surface area contributed by atoms with Gasteiger partial charge in [-0.15, -0.1) is 0 Å². The molecule has 0 fully saturated rings. The average molecular weight is 288 g/mol. The molecule has 1 atom stereocenters. The summed E-state index contributed by atoms with van der Waals surface area (Å²) >= 11 is 0. The molecule has 1 unspecified atom stereocenters. The topological polar surface area (TPSA) is 82.3 Å².